The Morgan fingerprint density at radius 3 is 2.72 bits per heavy atom. The van der Waals surface area contributed by atoms with Crippen molar-refractivity contribution < 1.29 is 19.4 Å². The fourth-order valence-electron chi connectivity index (χ4n) is 1.96. The van der Waals surface area contributed by atoms with E-state index in [4.69, 9.17) is 9.47 Å². The number of hydrogen-bond acceptors (Lipinski definition) is 4. The molecule has 0 bridgehead atoms. The molecular formula is C14H18O4. The Morgan fingerprint density at radius 2 is 2.11 bits per heavy atom. The summed E-state index contributed by atoms with van der Waals surface area (Å²) in [6.07, 6.45) is 0. The molecule has 0 spiro atoms. The van der Waals surface area contributed by atoms with Gasteiger partial charge in [0, 0.05) is 11.5 Å². The third-order valence-corrected chi connectivity index (χ3v) is 2.78. The van der Waals surface area contributed by atoms with E-state index in [-0.39, 0.29) is 17.2 Å². The summed E-state index contributed by atoms with van der Waals surface area (Å²) in [7, 11) is 0. The maximum atomic E-state index is 12.1. The van der Waals surface area contributed by atoms with E-state index in [0.717, 1.165) is 5.56 Å². The first-order chi connectivity index (χ1) is 8.29. The maximum Gasteiger partial charge on any atom is 0.346 e. The van der Waals surface area contributed by atoms with Crippen molar-refractivity contribution >= 4 is 5.97 Å². The van der Waals surface area contributed by atoms with Gasteiger partial charge in [0.1, 0.15) is 22.7 Å². The van der Waals surface area contributed by atoms with Crippen molar-refractivity contribution in [1.82, 2.24) is 0 Å². The van der Waals surface area contributed by atoms with Crippen LogP contribution in [-0.2, 0) is 4.74 Å². The molecule has 18 heavy (non-hydrogen) atoms. The molecule has 1 unspecified atom stereocenters. The number of hydrogen-bond donors (Lipinski definition) is 1. The van der Waals surface area contributed by atoms with Gasteiger partial charge in [-0.25, -0.2) is 4.79 Å². The number of carbonyl (C=O) groups is 1. The second-order valence-corrected chi connectivity index (χ2v) is 5.59. The van der Waals surface area contributed by atoms with Crippen LogP contribution in [0.5, 0.6) is 11.5 Å². The molecule has 1 aliphatic rings. The molecule has 1 atom stereocenters. The highest BCUT2D eigenvalue weighted by Crippen LogP contribution is 2.41. The molecule has 0 radical (unpaired) electrons. The summed E-state index contributed by atoms with van der Waals surface area (Å²) in [5, 5.41) is 9.85. The van der Waals surface area contributed by atoms with Gasteiger partial charge < -0.3 is 14.6 Å². The first-order valence-corrected chi connectivity index (χ1v) is 6.01. The van der Waals surface area contributed by atoms with E-state index in [1.54, 1.807) is 26.8 Å². The molecule has 2 rings (SSSR count). The molecule has 1 aromatic carbocycles. The fourth-order valence-corrected chi connectivity index (χ4v) is 1.96. The van der Waals surface area contributed by atoms with E-state index in [0.29, 0.717) is 12.4 Å². The molecule has 98 valence electrons. The standard InChI is InChI=1S/C14H18O4/c1-8-7-17-12-9(8)5-6-10(15)11(12)13(16)18-14(2,3)4/h5-6,8,15H,7H2,1-4H3. The van der Waals surface area contributed by atoms with Crippen LogP contribution >= 0.6 is 0 Å². The minimum Gasteiger partial charge on any atom is -0.507 e. The Hall–Kier alpha value is -1.71. The van der Waals surface area contributed by atoms with Crippen LogP contribution in [0.15, 0.2) is 12.1 Å². The van der Waals surface area contributed by atoms with Gasteiger partial charge in [-0.15, -0.1) is 0 Å². The Balaban J connectivity index is 2.42. The van der Waals surface area contributed by atoms with Crippen LogP contribution in [0.4, 0.5) is 0 Å². The molecule has 0 saturated heterocycles. The van der Waals surface area contributed by atoms with E-state index in [1.807, 2.05) is 6.92 Å². The second-order valence-electron chi connectivity index (χ2n) is 5.59. The maximum absolute atomic E-state index is 12.1. The number of esters is 1. The highest BCUT2D eigenvalue weighted by molar-refractivity contribution is 5.96. The number of benzene rings is 1. The molecule has 1 aromatic rings. The molecule has 4 nitrogen and oxygen atoms in total. The van der Waals surface area contributed by atoms with E-state index in [2.05, 4.69) is 0 Å². The average molecular weight is 250 g/mol. The third kappa shape index (κ3) is 2.28. The van der Waals surface area contributed by atoms with Gasteiger partial charge in [-0.3, -0.25) is 0 Å². The zero-order valence-electron chi connectivity index (χ0n) is 11.1. The van der Waals surface area contributed by atoms with Crippen molar-refractivity contribution in [2.24, 2.45) is 0 Å². The largest absolute Gasteiger partial charge is 0.507 e. The molecule has 0 saturated carbocycles. The number of ether oxygens (including phenoxy) is 2. The van der Waals surface area contributed by atoms with Gasteiger partial charge in [-0.1, -0.05) is 13.0 Å². The Bertz CT molecular complexity index is 485. The summed E-state index contributed by atoms with van der Waals surface area (Å²) >= 11 is 0. The molecule has 1 aliphatic heterocycles. The summed E-state index contributed by atoms with van der Waals surface area (Å²) < 4.78 is 10.8. The summed E-state index contributed by atoms with van der Waals surface area (Å²) in [5.41, 5.74) is 0.469. The van der Waals surface area contributed by atoms with Crippen molar-refractivity contribution in [3.8, 4) is 11.5 Å². The molecule has 0 aliphatic carbocycles. The van der Waals surface area contributed by atoms with E-state index in [1.165, 1.54) is 6.07 Å². The van der Waals surface area contributed by atoms with Gasteiger partial charge in [0.25, 0.3) is 0 Å². The highest BCUT2D eigenvalue weighted by Gasteiger charge is 2.31. The summed E-state index contributed by atoms with van der Waals surface area (Å²) in [6.45, 7) is 7.90. The van der Waals surface area contributed by atoms with Crippen molar-refractivity contribution in [1.29, 1.82) is 0 Å². The van der Waals surface area contributed by atoms with E-state index >= 15 is 0 Å². The number of phenols is 1. The highest BCUT2D eigenvalue weighted by atomic mass is 16.6. The SMILES string of the molecule is CC1COc2c1ccc(O)c2C(=O)OC(C)(C)C. The Labute approximate surface area is 107 Å². The van der Waals surface area contributed by atoms with Crippen molar-refractivity contribution in [2.75, 3.05) is 6.61 Å². The van der Waals surface area contributed by atoms with Crippen LogP contribution in [-0.4, -0.2) is 23.3 Å². The predicted octanol–water partition coefficient (Wildman–Crippen LogP) is 2.84. The molecule has 1 heterocycles. The number of rotatable bonds is 1. The number of fused-ring (bicyclic) bond motifs is 1. The third-order valence-electron chi connectivity index (χ3n) is 2.78. The van der Waals surface area contributed by atoms with Crippen molar-refractivity contribution in [2.45, 2.75) is 39.2 Å². The smallest absolute Gasteiger partial charge is 0.346 e. The quantitative estimate of drug-likeness (QED) is 0.779. The summed E-state index contributed by atoms with van der Waals surface area (Å²) in [4.78, 5) is 12.1. The molecule has 1 N–H and O–H groups in total. The molecular weight excluding hydrogens is 232 g/mol. The van der Waals surface area contributed by atoms with Crippen LogP contribution < -0.4 is 4.74 Å². The first kappa shape index (κ1) is 12.7. The van der Waals surface area contributed by atoms with Gasteiger partial charge in [0.2, 0.25) is 0 Å². The van der Waals surface area contributed by atoms with Gasteiger partial charge in [0.15, 0.2) is 0 Å². The normalized spacial score (nSPS) is 18.1. The van der Waals surface area contributed by atoms with Crippen molar-refractivity contribution in [3.63, 3.8) is 0 Å². The van der Waals surface area contributed by atoms with Crippen molar-refractivity contribution in [3.05, 3.63) is 23.3 Å². The minimum atomic E-state index is -0.601. The summed E-state index contributed by atoms with van der Waals surface area (Å²) in [5.74, 6) is 0.0292. The zero-order valence-corrected chi connectivity index (χ0v) is 11.1. The lowest BCUT2D eigenvalue weighted by Crippen LogP contribution is -2.24. The average Bonchev–Trinajstić information content (AvgIpc) is 2.57. The molecule has 0 fully saturated rings. The van der Waals surface area contributed by atoms with Gasteiger partial charge >= 0.3 is 5.97 Å². The zero-order chi connectivity index (χ0) is 13.5. The molecule has 0 aromatic heterocycles. The molecule has 0 amide bonds. The van der Waals surface area contributed by atoms with Gasteiger partial charge in [-0.05, 0) is 26.8 Å². The van der Waals surface area contributed by atoms with Crippen LogP contribution in [0.1, 0.15) is 49.5 Å². The van der Waals surface area contributed by atoms with E-state index < -0.39 is 11.6 Å². The molecule has 4 heteroatoms. The van der Waals surface area contributed by atoms with Crippen LogP contribution in [0, 0.1) is 0 Å². The second kappa shape index (κ2) is 4.19. The van der Waals surface area contributed by atoms with Crippen LogP contribution in [0.3, 0.4) is 0 Å². The fraction of sp³-hybridized carbons (Fsp3) is 0.500. The number of carbonyl (C=O) groups excluding carboxylic acids is 1. The van der Waals surface area contributed by atoms with Crippen LogP contribution in [0.25, 0.3) is 0 Å². The monoisotopic (exact) mass is 250 g/mol. The Kier molecular flexibility index (Phi) is 2.97. The lowest BCUT2D eigenvalue weighted by Gasteiger charge is -2.20. The Morgan fingerprint density at radius 1 is 1.44 bits per heavy atom. The number of aromatic hydroxyl groups is 1. The first-order valence-electron chi connectivity index (χ1n) is 6.01. The van der Waals surface area contributed by atoms with Gasteiger partial charge in [0.05, 0.1) is 6.61 Å². The van der Waals surface area contributed by atoms with Crippen LogP contribution in [0.2, 0.25) is 0 Å². The van der Waals surface area contributed by atoms with E-state index in [9.17, 15) is 9.90 Å². The predicted molar refractivity (Wildman–Crippen MR) is 67.2 cm³/mol. The number of phenolic OH excluding ortho intramolecular Hbond substituents is 1. The minimum absolute atomic E-state index is 0.0999. The van der Waals surface area contributed by atoms with Gasteiger partial charge in [-0.2, -0.15) is 0 Å². The lowest BCUT2D eigenvalue weighted by atomic mass is 10.00. The topological polar surface area (TPSA) is 55.8 Å². The summed E-state index contributed by atoms with van der Waals surface area (Å²) in [6, 6.07) is 3.31. The lowest BCUT2D eigenvalue weighted by molar-refractivity contribution is 0.00636.